The van der Waals surface area contributed by atoms with Gasteiger partial charge in [0.15, 0.2) is 5.79 Å². The summed E-state index contributed by atoms with van der Waals surface area (Å²) in [7, 11) is 0. The molecule has 2 rings (SSSR count). The molecular formula is C27H42O7. The first-order chi connectivity index (χ1) is 16.2. The van der Waals surface area contributed by atoms with Crippen LogP contribution in [-0.4, -0.2) is 49.8 Å². The molecule has 0 saturated carbocycles. The van der Waals surface area contributed by atoms with Crippen molar-refractivity contribution in [2.24, 2.45) is 11.8 Å². The van der Waals surface area contributed by atoms with Gasteiger partial charge in [-0.05, 0) is 52.0 Å². The van der Waals surface area contributed by atoms with Crippen molar-refractivity contribution in [2.75, 3.05) is 19.8 Å². The van der Waals surface area contributed by atoms with E-state index in [2.05, 4.69) is 0 Å². The standard InChI is InChI=1S/C27H42O7/c1-6-30-25(28)16-20(3)12-11-15-22(26(29)31-7-2)17-23(24-19-33-27(4,5)34-24)32-18-21-13-9-8-10-14-21/h8-10,13-14,20,22-24H,6-7,11-12,15-19H2,1-5H3/t20-,22+,23-,24+/m0/s1. The maximum Gasteiger partial charge on any atom is 0.309 e. The van der Waals surface area contributed by atoms with E-state index in [-0.39, 0.29) is 36.0 Å². The Kier molecular flexibility index (Phi) is 12.0. The quantitative estimate of drug-likeness (QED) is 0.326. The fourth-order valence-corrected chi connectivity index (χ4v) is 4.19. The molecule has 0 N–H and O–H groups in total. The van der Waals surface area contributed by atoms with E-state index in [1.165, 1.54) is 0 Å². The maximum atomic E-state index is 12.8. The molecule has 1 aromatic carbocycles. The first kappa shape index (κ1) is 28.3. The molecular weight excluding hydrogens is 436 g/mol. The van der Waals surface area contributed by atoms with Gasteiger partial charge in [-0.25, -0.2) is 0 Å². The van der Waals surface area contributed by atoms with Crippen LogP contribution in [-0.2, 0) is 39.9 Å². The topological polar surface area (TPSA) is 80.3 Å². The zero-order valence-corrected chi connectivity index (χ0v) is 21.4. The van der Waals surface area contributed by atoms with Gasteiger partial charge in [-0.1, -0.05) is 50.1 Å². The number of benzene rings is 1. The fraction of sp³-hybridized carbons (Fsp3) is 0.704. The van der Waals surface area contributed by atoms with Crippen LogP contribution in [0.15, 0.2) is 30.3 Å². The largest absolute Gasteiger partial charge is 0.466 e. The molecule has 1 aliphatic rings. The van der Waals surface area contributed by atoms with Crippen LogP contribution < -0.4 is 0 Å². The number of esters is 2. The van der Waals surface area contributed by atoms with Crippen LogP contribution in [0.1, 0.15) is 72.3 Å². The van der Waals surface area contributed by atoms with E-state index in [1.54, 1.807) is 0 Å². The number of ether oxygens (including phenoxy) is 5. The molecule has 0 amide bonds. The minimum atomic E-state index is -0.680. The van der Waals surface area contributed by atoms with Gasteiger partial charge in [-0.2, -0.15) is 0 Å². The third-order valence-electron chi connectivity index (χ3n) is 5.96. The third-order valence-corrected chi connectivity index (χ3v) is 5.96. The van der Waals surface area contributed by atoms with Crippen molar-refractivity contribution < 1.29 is 33.3 Å². The highest BCUT2D eigenvalue weighted by Crippen LogP contribution is 2.30. The van der Waals surface area contributed by atoms with Crippen molar-refractivity contribution in [1.82, 2.24) is 0 Å². The predicted octanol–water partition coefficient (Wildman–Crippen LogP) is 5.05. The number of hydrogen-bond acceptors (Lipinski definition) is 7. The Balaban J connectivity index is 2.01. The number of rotatable bonds is 15. The first-order valence-corrected chi connectivity index (χ1v) is 12.5. The van der Waals surface area contributed by atoms with Crippen molar-refractivity contribution in [2.45, 2.75) is 91.3 Å². The van der Waals surface area contributed by atoms with Gasteiger partial charge in [-0.15, -0.1) is 0 Å². The lowest BCUT2D eigenvalue weighted by molar-refractivity contribution is -0.164. The van der Waals surface area contributed by atoms with Crippen molar-refractivity contribution in [3.8, 4) is 0 Å². The van der Waals surface area contributed by atoms with Crippen LogP contribution in [0.25, 0.3) is 0 Å². The van der Waals surface area contributed by atoms with E-state index < -0.39 is 5.79 Å². The Morgan fingerprint density at radius 3 is 2.41 bits per heavy atom. The average Bonchev–Trinajstić information content (AvgIpc) is 3.15. The zero-order valence-electron chi connectivity index (χ0n) is 21.4. The van der Waals surface area contributed by atoms with Crippen LogP contribution in [0.2, 0.25) is 0 Å². The van der Waals surface area contributed by atoms with Crippen molar-refractivity contribution in [3.05, 3.63) is 35.9 Å². The van der Waals surface area contributed by atoms with Gasteiger partial charge in [0.05, 0.1) is 38.4 Å². The molecule has 7 nitrogen and oxygen atoms in total. The third kappa shape index (κ3) is 10.1. The molecule has 1 aromatic rings. The average molecular weight is 479 g/mol. The molecule has 1 fully saturated rings. The van der Waals surface area contributed by atoms with Crippen LogP contribution in [0.4, 0.5) is 0 Å². The second-order valence-electron chi connectivity index (χ2n) is 9.43. The summed E-state index contributed by atoms with van der Waals surface area (Å²) in [4.78, 5) is 24.5. The number of hydrogen-bond donors (Lipinski definition) is 0. The summed E-state index contributed by atoms with van der Waals surface area (Å²) >= 11 is 0. The predicted molar refractivity (Wildman–Crippen MR) is 129 cm³/mol. The highest BCUT2D eigenvalue weighted by Gasteiger charge is 2.40. The lowest BCUT2D eigenvalue weighted by atomic mass is 9.91. The highest BCUT2D eigenvalue weighted by molar-refractivity contribution is 5.72. The van der Waals surface area contributed by atoms with Gasteiger partial charge in [0.1, 0.15) is 6.10 Å². The Morgan fingerprint density at radius 2 is 1.79 bits per heavy atom. The van der Waals surface area contributed by atoms with Crippen molar-refractivity contribution >= 4 is 11.9 Å². The van der Waals surface area contributed by atoms with Gasteiger partial charge < -0.3 is 23.7 Å². The molecule has 0 aliphatic carbocycles. The molecule has 0 bridgehead atoms. The Bertz CT molecular complexity index is 734. The summed E-state index contributed by atoms with van der Waals surface area (Å²) < 4.78 is 28.6. The number of carbonyl (C=O) groups excluding carboxylic acids is 2. The van der Waals surface area contributed by atoms with Crippen LogP contribution in [0, 0.1) is 11.8 Å². The molecule has 0 aromatic heterocycles. The SMILES string of the molecule is CCOC(=O)C[C@@H](C)CCC[C@H](C[C@H](OCc1ccccc1)[C@H]1COC(C)(C)O1)C(=O)OCC. The summed E-state index contributed by atoms with van der Waals surface area (Å²) in [5.74, 6) is -1.19. The molecule has 4 atom stereocenters. The molecule has 0 radical (unpaired) electrons. The van der Waals surface area contributed by atoms with E-state index in [0.29, 0.717) is 45.7 Å². The molecule has 1 aliphatic heterocycles. The van der Waals surface area contributed by atoms with E-state index in [9.17, 15) is 9.59 Å². The van der Waals surface area contributed by atoms with Gasteiger partial charge in [0.25, 0.3) is 0 Å². The molecule has 1 saturated heterocycles. The molecule has 1 heterocycles. The lowest BCUT2D eigenvalue weighted by Crippen LogP contribution is -2.36. The molecule has 7 heteroatoms. The van der Waals surface area contributed by atoms with E-state index >= 15 is 0 Å². The molecule has 0 spiro atoms. The Hall–Kier alpha value is -1.96. The molecule has 0 unspecified atom stereocenters. The first-order valence-electron chi connectivity index (χ1n) is 12.5. The second kappa shape index (κ2) is 14.4. The van der Waals surface area contributed by atoms with E-state index in [0.717, 1.165) is 18.4 Å². The zero-order chi connectivity index (χ0) is 25.0. The molecule has 34 heavy (non-hydrogen) atoms. The smallest absolute Gasteiger partial charge is 0.309 e. The summed E-state index contributed by atoms with van der Waals surface area (Å²) in [5, 5.41) is 0. The summed E-state index contributed by atoms with van der Waals surface area (Å²) in [5.41, 5.74) is 1.06. The minimum Gasteiger partial charge on any atom is -0.466 e. The second-order valence-corrected chi connectivity index (χ2v) is 9.43. The Morgan fingerprint density at radius 1 is 1.09 bits per heavy atom. The monoisotopic (exact) mass is 478 g/mol. The van der Waals surface area contributed by atoms with E-state index in [1.807, 2.05) is 65.0 Å². The highest BCUT2D eigenvalue weighted by atomic mass is 16.7. The van der Waals surface area contributed by atoms with Crippen LogP contribution >= 0.6 is 0 Å². The van der Waals surface area contributed by atoms with Gasteiger partial charge in [0.2, 0.25) is 0 Å². The minimum absolute atomic E-state index is 0.174. The lowest BCUT2D eigenvalue weighted by Gasteiger charge is -2.28. The van der Waals surface area contributed by atoms with Crippen LogP contribution in [0.3, 0.4) is 0 Å². The van der Waals surface area contributed by atoms with Gasteiger partial charge >= 0.3 is 11.9 Å². The Labute approximate surface area is 204 Å². The normalized spacial score (nSPS) is 19.9. The van der Waals surface area contributed by atoms with Gasteiger partial charge in [-0.3, -0.25) is 9.59 Å². The van der Waals surface area contributed by atoms with Crippen molar-refractivity contribution in [3.63, 3.8) is 0 Å². The van der Waals surface area contributed by atoms with E-state index in [4.69, 9.17) is 23.7 Å². The fourth-order valence-electron chi connectivity index (χ4n) is 4.19. The molecule has 192 valence electrons. The van der Waals surface area contributed by atoms with Crippen molar-refractivity contribution in [1.29, 1.82) is 0 Å². The number of carbonyl (C=O) groups is 2. The van der Waals surface area contributed by atoms with Crippen LogP contribution in [0.5, 0.6) is 0 Å². The summed E-state index contributed by atoms with van der Waals surface area (Å²) in [6.45, 7) is 11.0. The summed E-state index contributed by atoms with van der Waals surface area (Å²) in [6.07, 6.45) is 2.61. The van der Waals surface area contributed by atoms with Gasteiger partial charge in [0, 0.05) is 6.42 Å². The maximum absolute atomic E-state index is 12.8. The summed E-state index contributed by atoms with van der Waals surface area (Å²) in [6, 6.07) is 9.95.